The number of amides is 1. The first-order valence-electron chi connectivity index (χ1n) is 9.39. The summed E-state index contributed by atoms with van der Waals surface area (Å²) in [6.07, 6.45) is 0. The molecule has 4 aromatic rings. The smallest absolute Gasteiger partial charge is 0.338 e. The number of carbonyl (C=O) groups excluding carboxylic acids is 2. The van der Waals surface area contributed by atoms with Gasteiger partial charge in [-0.15, -0.1) is 0 Å². The molecule has 156 valence electrons. The fraction of sp³-hybridized carbons (Fsp3) is 0.0870. The molecular formula is C23H18ClN3O4. The van der Waals surface area contributed by atoms with Gasteiger partial charge in [-0.25, -0.2) is 9.78 Å². The Morgan fingerprint density at radius 3 is 2.65 bits per heavy atom. The average molecular weight is 436 g/mol. The molecular weight excluding hydrogens is 418 g/mol. The van der Waals surface area contributed by atoms with Crippen LogP contribution in [0.2, 0.25) is 5.02 Å². The summed E-state index contributed by atoms with van der Waals surface area (Å²) in [5.41, 5.74) is 3.06. The molecule has 0 saturated carbocycles. The van der Waals surface area contributed by atoms with E-state index in [9.17, 15) is 9.59 Å². The number of fused-ring (bicyclic) bond motifs is 1. The first-order chi connectivity index (χ1) is 15.0. The highest BCUT2D eigenvalue weighted by molar-refractivity contribution is 6.31. The minimum Gasteiger partial charge on any atom is -0.495 e. The third-order valence-electron chi connectivity index (χ3n) is 4.53. The molecule has 4 rings (SSSR count). The maximum absolute atomic E-state index is 12.4. The number of nitrogens with one attached hydrogen (secondary N) is 2. The number of hydrogen-bond donors (Lipinski definition) is 2. The largest absolute Gasteiger partial charge is 0.495 e. The molecule has 0 fully saturated rings. The van der Waals surface area contributed by atoms with Gasteiger partial charge >= 0.3 is 5.97 Å². The monoisotopic (exact) mass is 435 g/mol. The number of H-pyrrole nitrogens is 1. The predicted octanol–water partition coefficient (Wildman–Crippen LogP) is 4.69. The topological polar surface area (TPSA) is 93.3 Å². The summed E-state index contributed by atoms with van der Waals surface area (Å²) in [7, 11) is 1.48. The second kappa shape index (κ2) is 8.89. The molecule has 0 spiro atoms. The lowest BCUT2D eigenvalue weighted by molar-refractivity contribution is -0.119. The summed E-state index contributed by atoms with van der Waals surface area (Å²) in [4.78, 5) is 32.3. The van der Waals surface area contributed by atoms with Gasteiger partial charge in [0.05, 0.1) is 29.4 Å². The van der Waals surface area contributed by atoms with E-state index in [-0.39, 0.29) is 0 Å². The number of rotatable bonds is 6. The van der Waals surface area contributed by atoms with E-state index < -0.39 is 18.5 Å². The zero-order chi connectivity index (χ0) is 21.8. The van der Waals surface area contributed by atoms with Crippen molar-refractivity contribution in [2.75, 3.05) is 19.0 Å². The molecule has 0 aliphatic heterocycles. The lowest BCUT2D eigenvalue weighted by Crippen LogP contribution is -2.21. The third kappa shape index (κ3) is 4.67. The second-order valence-corrected chi connectivity index (χ2v) is 7.09. The van der Waals surface area contributed by atoms with Crippen LogP contribution in [0.1, 0.15) is 10.4 Å². The van der Waals surface area contributed by atoms with Crippen molar-refractivity contribution in [2.24, 2.45) is 0 Å². The molecule has 0 aliphatic carbocycles. The van der Waals surface area contributed by atoms with Crippen LogP contribution < -0.4 is 10.1 Å². The minimum atomic E-state index is -0.619. The minimum absolute atomic E-state index is 0.309. The van der Waals surface area contributed by atoms with Crippen molar-refractivity contribution in [3.8, 4) is 17.1 Å². The lowest BCUT2D eigenvalue weighted by atomic mass is 10.2. The predicted molar refractivity (Wildman–Crippen MR) is 118 cm³/mol. The van der Waals surface area contributed by atoms with Crippen LogP contribution in [0, 0.1) is 0 Å². The molecule has 3 aromatic carbocycles. The Morgan fingerprint density at radius 1 is 1.06 bits per heavy atom. The Kier molecular flexibility index (Phi) is 5.86. The Morgan fingerprint density at radius 2 is 1.87 bits per heavy atom. The van der Waals surface area contributed by atoms with Crippen molar-refractivity contribution < 1.29 is 19.1 Å². The van der Waals surface area contributed by atoms with E-state index in [2.05, 4.69) is 15.3 Å². The normalized spacial score (nSPS) is 10.6. The van der Waals surface area contributed by atoms with E-state index in [0.717, 1.165) is 11.1 Å². The van der Waals surface area contributed by atoms with Crippen LogP contribution in [0.3, 0.4) is 0 Å². The second-order valence-electron chi connectivity index (χ2n) is 6.65. The van der Waals surface area contributed by atoms with Gasteiger partial charge < -0.3 is 19.8 Å². The highest BCUT2D eigenvalue weighted by Crippen LogP contribution is 2.27. The van der Waals surface area contributed by atoms with E-state index in [0.29, 0.717) is 33.4 Å². The average Bonchev–Trinajstić information content (AvgIpc) is 3.22. The van der Waals surface area contributed by atoms with Crippen LogP contribution in [0.15, 0.2) is 66.7 Å². The van der Waals surface area contributed by atoms with Crippen molar-refractivity contribution in [1.82, 2.24) is 9.97 Å². The molecule has 0 saturated heterocycles. The van der Waals surface area contributed by atoms with Crippen LogP contribution in [0.5, 0.6) is 5.75 Å². The van der Waals surface area contributed by atoms with E-state index in [1.807, 2.05) is 30.3 Å². The fourth-order valence-electron chi connectivity index (χ4n) is 3.05. The molecule has 31 heavy (non-hydrogen) atoms. The van der Waals surface area contributed by atoms with Gasteiger partial charge in [0, 0.05) is 10.6 Å². The quantitative estimate of drug-likeness (QED) is 0.428. The third-order valence-corrected chi connectivity index (χ3v) is 4.77. The summed E-state index contributed by atoms with van der Waals surface area (Å²) < 4.78 is 10.3. The van der Waals surface area contributed by atoms with Gasteiger partial charge in [0.2, 0.25) is 0 Å². The molecule has 7 nitrogen and oxygen atoms in total. The van der Waals surface area contributed by atoms with Crippen LogP contribution in [0.4, 0.5) is 5.69 Å². The number of aromatic nitrogens is 2. The van der Waals surface area contributed by atoms with Gasteiger partial charge in [-0.05, 0) is 36.4 Å². The number of anilines is 1. The zero-order valence-corrected chi connectivity index (χ0v) is 17.3. The van der Waals surface area contributed by atoms with E-state index in [1.54, 1.807) is 36.4 Å². The Labute approximate surface area is 183 Å². The number of ether oxygens (including phenoxy) is 2. The number of carbonyl (C=O) groups is 2. The van der Waals surface area contributed by atoms with Gasteiger partial charge in [0.1, 0.15) is 11.6 Å². The van der Waals surface area contributed by atoms with Gasteiger partial charge in [0.25, 0.3) is 5.91 Å². The van der Waals surface area contributed by atoms with Gasteiger partial charge in [-0.1, -0.05) is 41.9 Å². The van der Waals surface area contributed by atoms with E-state index in [4.69, 9.17) is 21.1 Å². The molecule has 2 N–H and O–H groups in total. The maximum Gasteiger partial charge on any atom is 0.338 e. The Balaban J connectivity index is 1.42. The standard InChI is InChI=1S/C23H18ClN3O4/c1-30-20-10-8-16(24)12-19(20)25-21(28)13-31-23(29)15-7-9-17-18(11-15)27-22(26-17)14-5-3-2-4-6-14/h2-12H,13H2,1H3,(H,25,28)(H,26,27). The molecule has 8 heteroatoms. The number of aromatic amines is 1. The van der Waals surface area contributed by atoms with Crippen molar-refractivity contribution in [1.29, 1.82) is 0 Å². The zero-order valence-electron chi connectivity index (χ0n) is 16.5. The highest BCUT2D eigenvalue weighted by Gasteiger charge is 2.14. The fourth-order valence-corrected chi connectivity index (χ4v) is 3.22. The maximum atomic E-state index is 12.4. The van der Waals surface area contributed by atoms with E-state index >= 15 is 0 Å². The van der Waals surface area contributed by atoms with Crippen molar-refractivity contribution in [3.63, 3.8) is 0 Å². The van der Waals surface area contributed by atoms with Crippen molar-refractivity contribution in [2.45, 2.75) is 0 Å². The van der Waals surface area contributed by atoms with Gasteiger partial charge in [0.15, 0.2) is 6.61 Å². The number of methoxy groups -OCH3 is 1. The highest BCUT2D eigenvalue weighted by atomic mass is 35.5. The summed E-state index contributed by atoms with van der Waals surface area (Å²) >= 11 is 5.95. The van der Waals surface area contributed by atoms with Crippen molar-refractivity contribution >= 4 is 40.2 Å². The molecule has 1 amide bonds. The summed E-state index contributed by atoms with van der Waals surface area (Å²) in [5.74, 6) is 0.0211. The number of esters is 1. The summed E-state index contributed by atoms with van der Waals surface area (Å²) in [5, 5.41) is 3.06. The molecule has 0 bridgehead atoms. The SMILES string of the molecule is COc1ccc(Cl)cc1NC(=O)COC(=O)c1ccc2nc(-c3ccccc3)[nH]c2c1. The molecule has 1 heterocycles. The van der Waals surface area contributed by atoms with Crippen LogP contribution in [-0.2, 0) is 9.53 Å². The summed E-state index contributed by atoms with van der Waals surface area (Å²) in [6, 6.07) is 19.5. The molecule has 0 unspecified atom stereocenters. The molecule has 1 aromatic heterocycles. The number of imidazole rings is 1. The van der Waals surface area contributed by atoms with E-state index in [1.165, 1.54) is 7.11 Å². The number of hydrogen-bond acceptors (Lipinski definition) is 5. The number of halogens is 1. The van der Waals surface area contributed by atoms with Gasteiger partial charge in [-0.2, -0.15) is 0 Å². The Bertz CT molecular complexity index is 1250. The van der Waals surface area contributed by atoms with Crippen LogP contribution >= 0.6 is 11.6 Å². The van der Waals surface area contributed by atoms with Crippen LogP contribution in [0.25, 0.3) is 22.4 Å². The number of nitrogens with zero attached hydrogens (tertiary/aromatic N) is 1. The first-order valence-corrected chi connectivity index (χ1v) is 9.77. The first kappa shape index (κ1) is 20.4. The molecule has 0 atom stereocenters. The van der Waals surface area contributed by atoms with Crippen LogP contribution in [-0.4, -0.2) is 35.6 Å². The Hall–Kier alpha value is -3.84. The summed E-state index contributed by atoms with van der Waals surface area (Å²) in [6.45, 7) is -0.454. The van der Waals surface area contributed by atoms with Gasteiger partial charge in [-0.3, -0.25) is 4.79 Å². The number of benzene rings is 3. The van der Waals surface area contributed by atoms with Crippen molar-refractivity contribution in [3.05, 3.63) is 77.3 Å². The molecule has 0 radical (unpaired) electrons. The lowest BCUT2D eigenvalue weighted by Gasteiger charge is -2.10. The molecule has 0 aliphatic rings.